The molecule has 22 fully saturated rings. The van der Waals surface area contributed by atoms with E-state index in [9.17, 15) is 39.6 Å². The molecule has 0 aromatic rings. The van der Waals surface area contributed by atoms with Crippen molar-refractivity contribution in [3.05, 3.63) is 0 Å². The Hall–Kier alpha value is -2.36. The van der Waals surface area contributed by atoms with Crippen molar-refractivity contribution in [2.24, 2.45) is 215 Å². The van der Waals surface area contributed by atoms with Gasteiger partial charge in [-0.2, -0.15) is 0 Å². The summed E-state index contributed by atoms with van der Waals surface area (Å²) in [7, 11) is 0. The zero-order chi connectivity index (χ0) is 105. The highest BCUT2D eigenvalue weighted by atomic mass is 16.6. The van der Waals surface area contributed by atoms with E-state index in [2.05, 4.69) is 166 Å². The molecule has 22 aliphatic rings. The molecule has 0 bridgehead atoms. The molecular formula is C130H216O14. The van der Waals surface area contributed by atoms with Gasteiger partial charge in [-0.15, -0.1) is 0 Å². The number of hydrogen-bond acceptors (Lipinski definition) is 14. The van der Waals surface area contributed by atoms with Crippen LogP contribution < -0.4 is 0 Å². The molecule has 2 saturated heterocycles. The fraction of sp³-hybridized carbons (Fsp3) is 0.969. The van der Waals surface area contributed by atoms with Crippen molar-refractivity contribution < 1.29 is 68.0 Å². The second kappa shape index (κ2) is 35.6. The Kier molecular flexibility index (Phi) is 27.2. The summed E-state index contributed by atoms with van der Waals surface area (Å²) in [5.74, 6) is 12.4. The summed E-state index contributed by atoms with van der Waals surface area (Å²) >= 11 is 0. The Balaban J connectivity index is 0.000000122. The topological polar surface area (TPSA) is 211 Å². The first kappa shape index (κ1) is 110. The van der Waals surface area contributed by atoms with Gasteiger partial charge in [0, 0.05) is 49.4 Å². The summed E-state index contributed by atoms with van der Waals surface area (Å²) in [5.41, 5.74) is 6.31. The van der Waals surface area contributed by atoms with Crippen molar-refractivity contribution in [3.63, 3.8) is 0 Å². The maximum Gasteiger partial charge on any atom is 0.302 e. The van der Waals surface area contributed by atoms with Crippen LogP contribution in [0.25, 0.3) is 0 Å². The lowest BCUT2D eigenvalue weighted by atomic mass is 9.41. The van der Waals surface area contributed by atoms with Crippen LogP contribution >= 0.6 is 0 Å². The standard InChI is InChI=1S/C33H56O4.C33H54O3.C32H54O4.C32H52O3/c1-21(2)33(36,20-34)16-11-22(3)24-12-14-30(8)26-10-9-25-28(5,6)27(37-23(4)35)13-15-31(25)19-32(26,31)18-17-29(24,30)7;1-21(2)33(20-35-33)16-11-22(3)24-12-14-30(8)26-10-9-25-28(5,6)27(36-23(4)34)13-15-31(25)19-32(26,31)18-17-29(24,30)7;1-20(9-12-25(34)28(5,6)35)22-13-15-30(8)24-11-10-23-27(3,4)26(36-21(2)33)14-16-31(23)19-32(24,31)18-17-29(22,30)7;1-20(9-12-26-28(5,6)35-26)22-13-15-30(8)24-11-10-23-27(3,4)25(34-21(2)33)14-16-31(23)19-32(24,31)18-17-29(22,30)7/h21-22,24-27,34,36H,9-20H2,1-8H3;21-22,24-27H,9-20H2,1-8H3;20,22-26,34-35H,9-19H2,1-8H3;20,22-26H,9-19H2,1-8H3/t22-,24-,25?,26?,27+,29-,30+,31-,32+,33?;22-,24-,25+,26+,27+,29-,30+,31-,32+,33?;20-,22-,23?,24?,25?,26+,29-,30+,31-,32+;20-,22-,23+,24+,25+,26?,29-,30+,31-,32+/m1111/s1. The zero-order valence-electron chi connectivity index (χ0n) is 98.3. The van der Waals surface area contributed by atoms with Crippen LogP contribution in [0.2, 0.25) is 0 Å². The van der Waals surface area contributed by atoms with Gasteiger partial charge in [-0.25, -0.2) is 0 Å². The number of rotatable bonds is 24. The molecule has 8 unspecified atom stereocenters. The summed E-state index contributed by atoms with van der Waals surface area (Å²) < 4.78 is 35.5. The van der Waals surface area contributed by atoms with E-state index < -0.39 is 17.3 Å². The summed E-state index contributed by atoms with van der Waals surface area (Å²) in [4.78, 5) is 47.4. The van der Waals surface area contributed by atoms with E-state index in [4.69, 9.17) is 28.4 Å². The number of aliphatic hydroxyl groups is 4. The third-order valence-corrected chi connectivity index (χ3v) is 57.2. The number of carbonyl (C=O) groups excluding carboxylic acids is 4. The first-order valence-corrected chi connectivity index (χ1v) is 61.4. The highest BCUT2D eigenvalue weighted by molar-refractivity contribution is 5.67. The van der Waals surface area contributed by atoms with Crippen LogP contribution in [-0.4, -0.2) is 117 Å². The average molecular weight is 2000 g/mol. The van der Waals surface area contributed by atoms with Gasteiger partial charge in [-0.1, -0.05) is 166 Å². The van der Waals surface area contributed by atoms with Crippen molar-refractivity contribution in [1.82, 2.24) is 0 Å². The van der Waals surface area contributed by atoms with Crippen LogP contribution in [0.15, 0.2) is 0 Å². The van der Waals surface area contributed by atoms with Crippen LogP contribution in [0.5, 0.6) is 0 Å². The highest BCUT2D eigenvalue weighted by Gasteiger charge is 2.88. The summed E-state index contributed by atoms with van der Waals surface area (Å²) in [5, 5.41) is 41.5. The maximum atomic E-state index is 11.9. The predicted molar refractivity (Wildman–Crippen MR) is 575 cm³/mol. The molecule has 8 spiro atoms. The fourth-order valence-corrected chi connectivity index (χ4v) is 47.9. The molecular weight excluding hydrogens is 1790 g/mol. The van der Waals surface area contributed by atoms with E-state index in [1.165, 1.54) is 231 Å². The average Bonchev–Trinajstić information content (AvgIpc) is 1.48. The van der Waals surface area contributed by atoms with Crippen LogP contribution in [0.1, 0.15) is 504 Å². The second-order valence-corrected chi connectivity index (χ2v) is 63.9. The highest BCUT2D eigenvalue weighted by Crippen LogP contribution is 2.95. The fourth-order valence-electron chi connectivity index (χ4n) is 47.9. The molecule has 2 aliphatic heterocycles. The lowest BCUT2D eigenvalue weighted by Crippen LogP contribution is -2.58. The Morgan fingerprint density at radius 1 is 0.333 bits per heavy atom. The lowest BCUT2D eigenvalue weighted by Gasteiger charge is -2.63. The van der Waals surface area contributed by atoms with E-state index in [0.717, 1.165) is 98.4 Å². The number of ether oxygens (including phenoxy) is 6. The number of aliphatic hydroxyl groups excluding tert-OH is 2. The normalized spacial score (nSPS) is 50.8. The van der Waals surface area contributed by atoms with E-state index in [0.29, 0.717) is 153 Å². The molecule has 0 aromatic carbocycles. The SMILES string of the molecule is CC(=O)O[C@H]1CC[C@]23C[C@]24CC[C@]2(C)[C@@H]([C@H](C)CCC(O)(CO)C(C)C)CC[C@@]2(C)C4CCC3C1(C)C.CC(=O)O[C@H]1CC[C@]23C[C@]24CC[C@]2(C)[C@@H]([C@H](C)CCC(O)C(C)(C)O)CC[C@@]2(C)C4CCC3C1(C)C.CC(=O)O[C@H]1CC[C@]23C[C@]24CC[C@]2(C)[C@@H]([C@H](C)CCC5(C(C)C)CO5)CC[C@@]2(C)[C@@H]4CC[C@H]3C1(C)C.CC(=O)O[C@H]1CC[C@]23C[C@]24CC[C@]2(C)[C@@H]([C@H](C)CCC5OC5(C)C)CC[C@@]2(C)[C@@H]4CC[C@H]3C1(C)C. The molecule has 0 radical (unpaired) electrons. The minimum absolute atomic E-state index is 0.0622. The first-order chi connectivity index (χ1) is 66.7. The summed E-state index contributed by atoms with van der Waals surface area (Å²) in [6, 6.07) is 0. The Morgan fingerprint density at radius 2 is 0.590 bits per heavy atom. The van der Waals surface area contributed by atoms with Gasteiger partial charge in [-0.05, 0) is 503 Å². The lowest BCUT2D eigenvalue weighted by molar-refractivity contribution is -0.182. The molecule has 22 rings (SSSR count). The van der Waals surface area contributed by atoms with Gasteiger partial charge in [0.1, 0.15) is 24.4 Å². The molecule has 0 aromatic heterocycles. The summed E-state index contributed by atoms with van der Waals surface area (Å²) in [6.45, 7) is 74.6. The van der Waals surface area contributed by atoms with Crippen LogP contribution in [0.4, 0.5) is 0 Å². The van der Waals surface area contributed by atoms with Crippen LogP contribution in [0, 0.1) is 215 Å². The Labute approximate surface area is 877 Å². The Bertz CT molecular complexity index is 4790. The van der Waals surface area contributed by atoms with Gasteiger partial charge >= 0.3 is 23.9 Å². The molecule has 20 aliphatic carbocycles. The Morgan fingerprint density at radius 3 is 0.833 bits per heavy atom. The quantitative estimate of drug-likeness (QED) is 0.0402. The molecule has 0 amide bonds. The second-order valence-electron chi connectivity index (χ2n) is 63.9. The number of carbonyl (C=O) groups is 4. The van der Waals surface area contributed by atoms with Crippen molar-refractivity contribution in [2.45, 2.75) is 563 Å². The third-order valence-electron chi connectivity index (χ3n) is 57.2. The van der Waals surface area contributed by atoms with Crippen LogP contribution in [0.3, 0.4) is 0 Å². The predicted octanol–water partition coefficient (Wildman–Crippen LogP) is 30.2. The van der Waals surface area contributed by atoms with Gasteiger partial charge in [-0.3, -0.25) is 19.2 Å². The molecule has 820 valence electrons. The van der Waals surface area contributed by atoms with Crippen molar-refractivity contribution >= 4 is 23.9 Å². The minimum Gasteiger partial charge on any atom is -0.462 e. The molecule has 14 heteroatoms. The molecule has 144 heavy (non-hydrogen) atoms. The van der Waals surface area contributed by atoms with Gasteiger partial charge in [0.2, 0.25) is 0 Å². The zero-order valence-corrected chi connectivity index (χ0v) is 98.3. The van der Waals surface area contributed by atoms with E-state index in [1.54, 1.807) is 41.5 Å². The smallest absolute Gasteiger partial charge is 0.302 e. The number of hydrogen-bond donors (Lipinski definition) is 4. The van der Waals surface area contributed by atoms with Gasteiger partial charge in [0.05, 0.1) is 47.8 Å². The third kappa shape index (κ3) is 15.6. The summed E-state index contributed by atoms with van der Waals surface area (Å²) in [6.07, 6.45) is 56.8. The number of esters is 4. The maximum absolute atomic E-state index is 11.9. The first-order valence-electron chi connectivity index (χ1n) is 61.4. The van der Waals surface area contributed by atoms with E-state index in [-0.39, 0.29) is 93.7 Å². The molecule has 4 N–H and O–H groups in total. The van der Waals surface area contributed by atoms with Gasteiger partial charge in [0.15, 0.2) is 0 Å². The number of epoxide rings is 2. The van der Waals surface area contributed by atoms with Crippen molar-refractivity contribution in [3.8, 4) is 0 Å². The van der Waals surface area contributed by atoms with Crippen molar-refractivity contribution in [2.75, 3.05) is 13.2 Å². The van der Waals surface area contributed by atoms with E-state index >= 15 is 0 Å². The van der Waals surface area contributed by atoms with E-state index in [1.807, 2.05) is 13.8 Å². The van der Waals surface area contributed by atoms with Crippen LogP contribution in [-0.2, 0) is 47.6 Å². The van der Waals surface area contributed by atoms with Gasteiger partial charge in [0.25, 0.3) is 0 Å². The largest absolute Gasteiger partial charge is 0.462 e. The number of fused-ring (bicyclic) bond motifs is 8. The van der Waals surface area contributed by atoms with Crippen molar-refractivity contribution in [1.29, 1.82) is 0 Å². The monoisotopic (exact) mass is 2000 g/mol. The molecule has 20 saturated carbocycles. The minimum atomic E-state index is -1.02. The van der Waals surface area contributed by atoms with Gasteiger partial charge < -0.3 is 48.8 Å². The molecule has 14 nitrogen and oxygen atoms in total. The molecule has 40 atom stereocenters. The molecule has 2 heterocycles.